The first kappa shape index (κ1) is 9.51. The van der Waals surface area contributed by atoms with E-state index in [1.54, 1.807) is 0 Å². The van der Waals surface area contributed by atoms with E-state index in [1.165, 1.54) is 0 Å². The molecule has 1 unspecified atom stereocenters. The Bertz CT molecular complexity index is 49.2. The van der Waals surface area contributed by atoms with Crippen LogP contribution in [-0.2, 0) is 0 Å². The average molecular weight is 124 g/mol. The lowest BCUT2D eigenvalue weighted by Crippen LogP contribution is -1.59. The molecule has 0 bridgehead atoms. The van der Waals surface area contributed by atoms with Crippen molar-refractivity contribution in [3.05, 3.63) is 0 Å². The van der Waals surface area contributed by atoms with Gasteiger partial charge in [0.15, 0.2) is 0 Å². The van der Waals surface area contributed by atoms with Crippen molar-refractivity contribution in [1.29, 1.82) is 5.26 Å². The molecule has 0 aliphatic carbocycles. The van der Waals surface area contributed by atoms with Gasteiger partial charge in [0.05, 0.1) is 6.07 Å². The van der Waals surface area contributed by atoms with Gasteiger partial charge in [-0.15, -0.1) is 21.6 Å². The summed E-state index contributed by atoms with van der Waals surface area (Å²) in [7, 11) is 2.48. The van der Waals surface area contributed by atoms with Gasteiger partial charge in [-0.3, -0.25) is 0 Å². The SMILES string of the molecule is Cl.N#CCCP. The zero-order chi connectivity index (χ0) is 4.12. The third-order valence-corrected chi connectivity index (χ3v) is 0.545. The van der Waals surface area contributed by atoms with Crippen molar-refractivity contribution in [2.45, 2.75) is 6.42 Å². The van der Waals surface area contributed by atoms with Crippen LogP contribution < -0.4 is 0 Å². The molecular weight excluding hydrogens is 116 g/mol. The smallest absolute Gasteiger partial charge is 0.0625 e. The summed E-state index contributed by atoms with van der Waals surface area (Å²) in [5, 5.41) is 7.80. The predicted octanol–water partition coefficient (Wildman–Crippen LogP) is 1.20. The number of nitriles is 1. The maximum Gasteiger partial charge on any atom is 0.0625 e. The van der Waals surface area contributed by atoms with Gasteiger partial charge in [-0.2, -0.15) is 5.26 Å². The number of halogens is 1. The van der Waals surface area contributed by atoms with E-state index in [4.69, 9.17) is 5.26 Å². The summed E-state index contributed by atoms with van der Waals surface area (Å²) in [5.41, 5.74) is 0. The summed E-state index contributed by atoms with van der Waals surface area (Å²) < 4.78 is 0. The van der Waals surface area contributed by atoms with Gasteiger partial charge in [-0.25, -0.2) is 0 Å². The van der Waals surface area contributed by atoms with E-state index in [-0.39, 0.29) is 12.4 Å². The molecule has 0 amide bonds. The first-order valence-corrected chi connectivity index (χ1v) is 2.30. The first-order valence-electron chi connectivity index (χ1n) is 1.49. The Morgan fingerprint density at radius 1 is 1.67 bits per heavy atom. The van der Waals surface area contributed by atoms with Gasteiger partial charge in [-0.1, -0.05) is 0 Å². The molecule has 0 aromatic carbocycles. The Morgan fingerprint density at radius 3 is 2.17 bits per heavy atom. The molecule has 0 N–H and O–H groups in total. The fraction of sp³-hybridized carbons (Fsp3) is 0.667. The van der Waals surface area contributed by atoms with E-state index in [0.717, 1.165) is 6.16 Å². The molecular formula is C3H7ClNP. The quantitative estimate of drug-likeness (QED) is 0.481. The summed E-state index contributed by atoms with van der Waals surface area (Å²) in [5.74, 6) is 0. The van der Waals surface area contributed by atoms with Crippen molar-refractivity contribution in [2.75, 3.05) is 6.16 Å². The number of hydrogen-bond acceptors (Lipinski definition) is 1. The highest BCUT2D eigenvalue weighted by Crippen LogP contribution is 1.81. The minimum Gasteiger partial charge on any atom is -0.198 e. The van der Waals surface area contributed by atoms with E-state index in [0.29, 0.717) is 6.42 Å². The van der Waals surface area contributed by atoms with Gasteiger partial charge >= 0.3 is 0 Å². The summed E-state index contributed by atoms with van der Waals surface area (Å²) in [6, 6.07) is 2.00. The van der Waals surface area contributed by atoms with Crippen molar-refractivity contribution in [2.24, 2.45) is 0 Å². The highest BCUT2D eigenvalue weighted by molar-refractivity contribution is 7.16. The Labute approximate surface area is 46.3 Å². The third-order valence-electron chi connectivity index (χ3n) is 0.256. The summed E-state index contributed by atoms with van der Waals surface area (Å²) >= 11 is 0. The van der Waals surface area contributed by atoms with Crippen LogP contribution in [0.5, 0.6) is 0 Å². The minimum absolute atomic E-state index is 0. The lowest BCUT2D eigenvalue weighted by atomic mass is 10.6. The second-order valence-electron chi connectivity index (χ2n) is 0.697. The van der Waals surface area contributed by atoms with Crippen LogP contribution >= 0.6 is 21.6 Å². The molecule has 0 heterocycles. The lowest BCUT2D eigenvalue weighted by Gasteiger charge is -1.66. The van der Waals surface area contributed by atoms with Crippen LogP contribution in [0.3, 0.4) is 0 Å². The Kier molecular flexibility index (Phi) is 14.2. The predicted molar refractivity (Wildman–Crippen MR) is 32.1 cm³/mol. The van der Waals surface area contributed by atoms with Crippen molar-refractivity contribution >= 4 is 21.6 Å². The summed E-state index contributed by atoms with van der Waals surface area (Å²) in [4.78, 5) is 0. The van der Waals surface area contributed by atoms with E-state index in [1.807, 2.05) is 6.07 Å². The fourth-order valence-electron chi connectivity index (χ4n) is 0.0645. The largest absolute Gasteiger partial charge is 0.198 e. The van der Waals surface area contributed by atoms with Crippen molar-refractivity contribution in [1.82, 2.24) is 0 Å². The maximum absolute atomic E-state index is 7.80. The standard InChI is InChI=1S/C3H6NP.ClH/c4-2-1-3-5;/h1,3,5H2;1H. The van der Waals surface area contributed by atoms with Crippen molar-refractivity contribution < 1.29 is 0 Å². The molecule has 0 fully saturated rings. The van der Waals surface area contributed by atoms with Gasteiger partial charge < -0.3 is 0 Å². The van der Waals surface area contributed by atoms with Crippen LogP contribution in [0.4, 0.5) is 0 Å². The summed E-state index contributed by atoms with van der Waals surface area (Å²) in [6.45, 7) is 0. The molecule has 0 aliphatic rings. The molecule has 0 saturated heterocycles. The molecule has 6 heavy (non-hydrogen) atoms. The average Bonchev–Trinajstić information content (AvgIpc) is 1.41. The second kappa shape index (κ2) is 8.96. The van der Waals surface area contributed by atoms with Crippen molar-refractivity contribution in [3.8, 4) is 6.07 Å². The molecule has 0 aliphatic heterocycles. The third kappa shape index (κ3) is 8.88. The number of nitrogens with zero attached hydrogens (tertiary/aromatic N) is 1. The highest BCUT2D eigenvalue weighted by atomic mass is 35.5. The molecule has 36 valence electrons. The Hall–Kier alpha value is 0.210. The topological polar surface area (TPSA) is 23.8 Å². The molecule has 0 aromatic heterocycles. The van der Waals surface area contributed by atoms with E-state index < -0.39 is 0 Å². The van der Waals surface area contributed by atoms with Crippen LogP contribution in [0, 0.1) is 11.3 Å². The lowest BCUT2D eigenvalue weighted by molar-refractivity contribution is 1.24. The van der Waals surface area contributed by atoms with Gasteiger partial charge in [0.1, 0.15) is 0 Å². The van der Waals surface area contributed by atoms with Gasteiger partial charge in [0.2, 0.25) is 0 Å². The molecule has 3 heteroatoms. The van der Waals surface area contributed by atoms with Crippen LogP contribution in [-0.4, -0.2) is 6.16 Å². The molecule has 0 saturated carbocycles. The summed E-state index contributed by atoms with van der Waals surface area (Å²) in [6.07, 6.45) is 1.56. The van der Waals surface area contributed by atoms with E-state index in [9.17, 15) is 0 Å². The molecule has 0 rings (SSSR count). The Morgan fingerprint density at radius 2 is 2.17 bits per heavy atom. The van der Waals surface area contributed by atoms with Gasteiger partial charge in [0.25, 0.3) is 0 Å². The molecule has 0 radical (unpaired) electrons. The molecule has 1 atom stereocenters. The van der Waals surface area contributed by atoms with Crippen molar-refractivity contribution in [3.63, 3.8) is 0 Å². The van der Waals surface area contributed by atoms with Gasteiger partial charge in [0, 0.05) is 6.42 Å². The van der Waals surface area contributed by atoms with Crippen LogP contribution in [0.15, 0.2) is 0 Å². The maximum atomic E-state index is 7.80. The molecule has 0 spiro atoms. The minimum atomic E-state index is 0. The number of hydrogen-bond donors (Lipinski definition) is 0. The zero-order valence-corrected chi connectivity index (χ0v) is 5.32. The monoisotopic (exact) mass is 123 g/mol. The Balaban J connectivity index is 0. The second-order valence-corrected chi connectivity index (χ2v) is 1.27. The molecule has 0 aromatic rings. The first-order chi connectivity index (χ1) is 2.41. The van der Waals surface area contributed by atoms with E-state index in [2.05, 4.69) is 9.24 Å². The highest BCUT2D eigenvalue weighted by Gasteiger charge is 1.65. The van der Waals surface area contributed by atoms with Gasteiger partial charge in [-0.05, 0) is 6.16 Å². The zero-order valence-electron chi connectivity index (χ0n) is 3.35. The van der Waals surface area contributed by atoms with Crippen LogP contribution in [0.2, 0.25) is 0 Å². The normalized spacial score (nSPS) is 5.33. The molecule has 1 nitrogen and oxygen atoms in total. The number of rotatable bonds is 1. The fourth-order valence-corrected chi connectivity index (χ4v) is 0.194. The van der Waals surface area contributed by atoms with Crippen LogP contribution in [0.25, 0.3) is 0 Å². The van der Waals surface area contributed by atoms with E-state index >= 15 is 0 Å². The van der Waals surface area contributed by atoms with Crippen LogP contribution in [0.1, 0.15) is 6.42 Å².